The van der Waals surface area contributed by atoms with Gasteiger partial charge in [0, 0.05) is 40.8 Å². The quantitative estimate of drug-likeness (QED) is 0.518. The highest BCUT2D eigenvalue weighted by atomic mass is 16.2. The first kappa shape index (κ1) is 23.6. The number of guanidine groups is 1. The van der Waals surface area contributed by atoms with Gasteiger partial charge in [0.2, 0.25) is 5.91 Å². The predicted octanol–water partition coefficient (Wildman–Crippen LogP) is 3.23. The van der Waals surface area contributed by atoms with E-state index in [-0.39, 0.29) is 11.3 Å². The highest BCUT2D eigenvalue weighted by Crippen LogP contribution is 2.38. The van der Waals surface area contributed by atoms with Crippen LogP contribution in [0.15, 0.2) is 29.3 Å². The van der Waals surface area contributed by atoms with Crippen LogP contribution in [-0.2, 0) is 17.9 Å². The van der Waals surface area contributed by atoms with Gasteiger partial charge in [-0.3, -0.25) is 14.7 Å². The number of aliphatic imine (C=N–C) groups is 1. The van der Waals surface area contributed by atoms with E-state index in [1.54, 1.807) is 11.9 Å². The number of carbonyl (C=O) groups excluding carboxylic acids is 1. The molecule has 0 atom stereocenters. The van der Waals surface area contributed by atoms with Crippen LogP contribution in [0.4, 0.5) is 0 Å². The second kappa shape index (κ2) is 11.0. The van der Waals surface area contributed by atoms with Crippen molar-refractivity contribution in [2.75, 3.05) is 40.8 Å². The van der Waals surface area contributed by atoms with Crippen molar-refractivity contribution in [3.8, 4) is 0 Å². The van der Waals surface area contributed by atoms with Crippen LogP contribution in [0.5, 0.6) is 0 Å². The Kier molecular flexibility index (Phi) is 8.35. The van der Waals surface area contributed by atoms with E-state index in [9.17, 15) is 4.79 Å². The zero-order valence-corrected chi connectivity index (χ0v) is 19.9. The normalized spacial score (nSPS) is 19.9. The molecule has 0 spiro atoms. The summed E-state index contributed by atoms with van der Waals surface area (Å²) in [7, 11) is 5.49. The molecule has 0 bridgehead atoms. The summed E-state index contributed by atoms with van der Waals surface area (Å²) in [5, 5.41) is 6.82. The number of carbonyl (C=O) groups is 1. The van der Waals surface area contributed by atoms with E-state index in [0.717, 1.165) is 50.7 Å². The molecule has 31 heavy (non-hydrogen) atoms. The Morgan fingerprint density at radius 3 is 2.29 bits per heavy atom. The fourth-order valence-electron chi connectivity index (χ4n) is 4.89. The van der Waals surface area contributed by atoms with Crippen LogP contribution in [0.3, 0.4) is 0 Å². The van der Waals surface area contributed by atoms with Crippen molar-refractivity contribution in [3.63, 3.8) is 0 Å². The van der Waals surface area contributed by atoms with Crippen molar-refractivity contribution >= 4 is 11.9 Å². The molecule has 1 aromatic rings. The minimum absolute atomic E-state index is 0.228. The zero-order valence-electron chi connectivity index (χ0n) is 19.9. The molecule has 2 fully saturated rings. The summed E-state index contributed by atoms with van der Waals surface area (Å²) < 4.78 is 0. The maximum Gasteiger partial charge on any atom is 0.230 e. The third-order valence-corrected chi connectivity index (χ3v) is 7.00. The van der Waals surface area contributed by atoms with Gasteiger partial charge in [0.1, 0.15) is 0 Å². The SMILES string of the molecule is CN=C(NCc1ccc(CN2CCC(C)CC2)cc1)NCC1(C(=O)N(C)C)CCCC1. The van der Waals surface area contributed by atoms with Gasteiger partial charge in [-0.15, -0.1) is 0 Å². The number of amides is 1. The van der Waals surface area contributed by atoms with E-state index < -0.39 is 0 Å². The predicted molar refractivity (Wildman–Crippen MR) is 128 cm³/mol. The van der Waals surface area contributed by atoms with Gasteiger partial charge in [-0.05, 0) is 55.8 Å². The molecule has 6 heteroatoms. The highest BCUT2D eigenvalue weighted by molar-refractivity contribution is 5.85. The van der Waals surface area contributed by atoms with E-state index in [0.29, 0.717) is 6.54 Å². The van der Waals surface area contributed by atoms with Gasteiger partial charge < -0.3 is 15.5 Å². The Morgan fingerprint density at radius 1 is 1.10 bits per heavy atom. The minimum atomic E-state index is -0.297. The average Bonchev–Trinajstić information content (AvgIpc) is 3.26. The molecule has 2 aliphatic rings. The monoisotopic (exact) mass is 427 g/mol. The molecule has 0 aromatic heterocycles. The molecule has 2 N–H and O–H groups in total. The number of nitrogens with one attached hydrogen (secondary N) is 2. The molecule has 1 aromatic carbocycles. The maximum atomic E-state index is 12.8. The number of hydrogen-bond donors (Lipinski definition) is 2. The van der Waals surface area contributed by atoms with Crippen LogP contribution in [0.2, 0.25) is 0 Å². The molecule has 1 saturated heterocycles. The number of benzene rings is 1. The van der Waals surface area contributed by atoms with Gasteiger partial charge in [-0.25, -0.2) is 0 Å². The first-order valence-electron chi connectivity index (χ1n) is 11.9. The second-order valence-corrected chi connectivity index (χ2v) is 9.74. The summed E-state index contributed by atoms with van der Waals surface area (Å²) in [4.78, 5) is 21.4. The maximum absolute atomic E-state index is 12.8. The summed E-state index contributed by atoms with van der Waals surface area (Å²) in [6.07, 6.45) is 6.77. The lowest BCUT2D eigenvalue weighted by Gasteiger charge is -2.31. The van der Waals surface area contributed by atoms with Crippen LogP contribution in [0.25, 0.3) is 0 Å². The lowest BCUT2D eigenvalue weighted by Crippen LogP contribution is -2.49. The average molecular weight is 428 g/mol. The van der Waals surface area contributed by atoms with Crippen molar-refractivity contribution in [3.05, 3.63) is 35.4 Å². The largest absolute Gasteiger partial charge is 0.355 e. The molecule has 1 aliphatic heterocycles. The van der Waals surface area contributed by atoms with Gasteiger partial charge in [0.25, 0.3) is 0 Å². The van der Waals surface area contributed by atoms with Crippen molar-refractivity contribution < 1.29 is 4.79 Å². The molecular weight excluding hydrogens is 386 g/mol. The van der Waals surface area contributed by atoms with Crippen LogP contribution in [0.1, 0.15) is 56.6 Å². The lowest BCUT2D eigenvalue weighted by atomic mass is 9.84. The fourth-order valence-corrected chi connectivity index (χ4v) is 4.89. The summed E-state index contributed by atoms with van der Waals surface area (Å²) >= 11 is 0. The standard InChI is InChI=1S/C25H41N5O/c1-20-11-15-30(16-12-20)18-22-9-7-21(8-10-22)17-27-24(26-2)28-19-25(13-5-6-14-25)23(31)29(3)4/h7-10,20H,5-6,11-19H2,1-4H3,(H2,26,27,28). The zero-order chi connectivity index (χ0) is 22.3. The Labute approximate surface area is 188 Å². The Balaban J connectivity index is 1.47. The van der Waals surface area contributed by atoms with Crippen molar-refractivity contribution in [2.24, 2.45) is 16.3 Å². The smallest absolute Gasteiger partial charge is 0.230 e. The number of hydrogen-bond acceptors (Lipinski definition) is 3. The van der Waals surface area contributed by atoms with Crippen LogP contribution < -0.4 is 10.6 Å². The molecular formula is C25H41N5O. The van der Waals surface area contributed by atoms with Crippen LogP contribution in [-0.4, -0.2) is 62.4 Å². The van der Waals surface area contributed by atoms with E-state index >= 15 is 0 Å². The Morgan fingerprint density at radius 2 is 1.71 bits per heavy atom. The van der Waals surface area contributed by atoms with E-state index in [2.05, 4.69) is 51.7 Å². The molecule has 172 valence electrons. The molecule has 1 aliphatic carbocycles. The summed E-state index contributed by atoms with van der Waals surface area (Å²) in [5.74, 6) is 1.85. The molecule has 1 saturated carbocycles. The molecule has 1 heterocycles. The van der Waals surface area contributed by atoms with Gasteiger partial charge in [-0.2, -0.15) is 0 Å². The summed E-state index contributed by atoms with van der Waals surface area (Å²) in [6, 6.07) is 8.90. The van der Waals surface area contributed by atoms with Crippen molar-refractivity contribution in [1.29, 1.82) is 0 Å². The molecule has 0 radical (unpaired) electrons. The summed E-state index contributed by atoms with van der Waals surface area (Å²) in [6.45, 7) is 7.18. The van der Waals surface area contributed by atoms with Gasteiger partial charge in [-0.1, -0.05) is 44.0 Å². The Hall–Kier alpha value is -2.08. The van der Waals surface area contributed by atoms with Gasteiger partial charge in [0.05, 0.1) is 5.41 Å². The van der Waals surface area contributed by atoms with Crippen LogP contribution >= 0.6 is 0 Å². The first-order chi connectivity index (χ1) is 14.9. The van der Waals surface area contributed by atoms with E-state index in [4.69, 9.17) is 0 Å². The van der Waals surface area contributed by atoms with Crippen molar-refractivity contribution in [1.82, 2.24) is 20.4 Å². The van der Waals surface area contributed by atoms with Crippen LogP contribution in [0, 0.1) is 11.3 Å². The molecule has 3 rings (SSSR count). The number of piperidine rings is 1. The topological polar surface area (TPSA) is 60.0 Å². The minimum Gasteiger partial charge on any atom is -0.355 e. The van der Waals surface area contributed by atoms with E-state index in [1.165, 1.54) is 37.1 Å². The number of likely N-dealkylation sites (tertiary alicyclic amines) is 1. The first-order valence-corrected chi connectivity index (χ1v) is 11.9. The van der Waals surface area contributed by atoms with Gasteiger partial charge >= 0.3 is 0 Å². The second-order valence-electron chi connectivity index (χ2n) is 9.74. The molecule has 6 nitrogen and oxygen atoms in total. The Bertz CT molecular complexity index is 729. The van der Waals surface area contributed by atoms with Gasteiger partial charge in [0.15, 0.2) is 5.96 Å². The lowest BCUT2D eigenvalue weighted by molar-refractivity contribution is -0.138. The number of rotatable bonds is 7. The fraction of sp³-hybridized carbons (Fsp3) is 0.680. The highest BCUT2D eigenvalue weighted by Gasteiger charge is 2.42. The molecule has 1 amide bonds. The summed E-state index contributed by atoms with van der Waals surface area (Å²) in [5.41, 5.74) is 2.32. The molecule has 0 unspecified atom stereocenters. The van der Waals surface area contributed by atoms with Crippen molar-refractivity contribution in [2.45, 2.75) is 58.5 Å². The van der Waals surface area contributed by atoms with E-state index in [1.807, 2.05) is 14.1 Å². The number of nitrogens with zero attached hydrogens (tertiary/aromatic N) is 3. The third kappa shape index (κ3) is 6.45. The third-order valence-electron chi connectivity index (χ3n) is 7.00.